The Labute approximate surface area is 287 Å². The molecule has 0 saturated heterocycles. The van der Waals surface area contributed by atoms with Crippen molar-refractivity contribution >= 4 is 46.4 Å². The quantitative estimate of drug-likeness (QED) is 0.164. The average Bonchev–Trinajstić information content (AvgIpc) is 3.90. The molecule has 4 aromatic rings. The summed E-state index contributed by atoms with van der Waals surface area (Å²) in [5.41, 5.74) is 4.74. The molecule has 2 heterocycles. The summed E-state index contributed by atoms with van der Waals surface area (Å²) in [7, 11) is 1.59. The van der Waals surface area contributed by atoms with Gasteiger partial charge in [-0.15, -0.1) is 0 Å². The number of aromatic nitrogens is 3. The second-order valence-corrected chi connectivity index (χ2v) is 12.4. The maximum absolute atomic E-state index is 13.3. The Bertz CT molecular complexity index is 2040. The molecule has 6 rings (SSSR count). The minimum Gasteiger partial charge on any atom is -0.395 e. The molecule has 2 aromatic carbocycles. The van der Waals surface area contributed by atoms with E-state index in [1.54, 1.807) is 38.4 Å². The van der Waals surface area contributed by atoms with Crippen LogP contribution in [0.2, 0.25) is 5.02 Å². The molecule has 252 valence electrons. The zero-order chi connectivity index (χ0) is 34.7. The zero-order valence-electron chi connectivity index (χ0n) is 27.1. The summed E-state index contributed by atoms with van der Waals surface area (Å²) in [5.74, 6) is -0.600. The van der Waals surface area contributed by atoms with Crippen molar-refractivity contribution in [2.45, 2.75) is 45.2 Å². The van der Waals surface area contributed by atoms with Gasteiger partial charge in [0.15, 0.2) is 0 Å². The highest BCUT2D eigenvalue weighted by Crippen LogP contribution is 2.37. The van der Waals surface area contributed by atoms with Gasteiger partial charge in [-0.05, 0) is 79.6 Å². The maximum Gasteiger partial charge on any atom is 0.323 e. The lowest BCUT2D eigenvalue weighted by Crippen LogP contribution is -2.30. The van der Waals surface area contributed by atoms with E-state index in [1.807, 2.05) is 30.3 Å². The first kappa shape index (κ1) is 33.6. The number of aryl methyl sites for hydroxylation is 1. The van der Waals surface area contributed by atoms with E-state index in [2.05, 4.69) is 26.0 Å². The highest BCUT2D eigenvalue weighted by Gasteiger charge is 2.25. The number of hydrogen-bond acceptors (Lipinski definition) is 7. The molecule has 4 N–H and O–H groups in total. The van der Waals surface area contributed by atoms with Gasteiger partial charge in [0.2, 0.25) is 0 Å². The third-order valence-electron chi connectivity index (χ3n) is 8.44. The number of benzene rings is 2. The van der Waals surface area contributed by atoms with Gasteiger partial charge in [0, 0.05) is 60.8 Å². The number of urea groups is 1. The van der Waals surface area contributed by atoms with Gasteiger partial charge >= 0.3 is 6.03 Å². The molecule has 0 bridgehead atoms. The van der Waals surface area contributed by atoms with Crippen molar-refractivity contribution in [3.8, 4) is 22.4 Å². The van der Waals surface area contributed by atoms with E-state index in [4.69, 9.17) is 11.6 Å². The standard InChI is InChI=1S/C36H36ClN7O5/c1-3-44-35(48)31(40-36(49)41-32-28(21-6-4-7-21)19-38-20-29(32)37)18-30(42-44)23-9-5-8-22(14-23)24-15-25(33(46)39-27-10-11-27)17-26(16-24)34(47)43(2)12-13-45/h5-6,8-9,14-20,27,45H,3-4,7,10-13H2,1-2H3,(H,39,46)(H2,38,40,41,49). The number of nitrogens with one attached hydrogen (secondary N) is 3. The number of anilines is 2. The molecule has 2 aromatic heterocycles. The van der Waals surface area contributed by atoms with Crippen molar-refractivity contribution in [2.75, 3.05) is 30.8 Å². The molecule has 4 amide bonds. The molecule has 49 heavy (non-hydrogen) atoms. The van der Waals surface area contributed by atoms with Gasteiger partial charge in [-0.1, -0.05) is 35.9 Å². The van der Waals surface area contributed by atoms with Crippen LogP contribution in [0.1, 0.15) is 58.9 Å². The highest BCUT2D eigenvalue weighted by atomic mass is 35.5. The van der Waals surface area contributed by atoms with Crippen LogP contribution in [0.4, 0.5) is 16.2 Å². The first-order chi connectivity index (χ1) is 23.6. The van der Waals surface area contributed by atoms with Crippen LogP contribution in [0.3, 0.4) is 0 Å². The Morgan fingerprint density at radius 3 is 2.47 bits per heavy atom. The van der Waals surface area contributed by atoms with Crippen LogP contribution in [0, 0.1) is 0 Å². The maximum atomic E-state index is 13.3. The number of likely N-dealkylation sites (N-methyl/N-ethyl adjacent to an activating group) is 1. The average molecular weight is 682 g/mol. The van der Waals surface area contributed by atoms with Crippen LogP contribution >= 0.6 is 11.6 Å². The highest BCUT2D eigenvalue weighted by molar-refractivity contribution is 6.34. The van der Waals surface area contributed by atoms with Gasteiger partial charge < -0.3 is 26.0 Å². The lowest BCUT2D eigenvalue weighted by atomic mass is 9.92. The lowest BCUT2D eigenvalue weighted by molar-refractivity contribution is 0.0767. The van der Waals surface area contributed by atoms with Crippen LogP contribution < -0.4 is 21.5 Å². The molecule has 12 nitrogen and oxygen atoms in total. The summed E-state index contributed by atoms with van der Waals surface area (Å²) in [6.07, 6.45) is 8.77. The number of nitrogens with zero attached hydrogens (tertiary/aromatic N) is 4. The number of allylic oxidation sites excluding steroid dienone is 2. The molecule has 0 unspecified atom stereocenters. The summed E-state index contributed by atoms with van der Waals surface area (Å²) >= 11 is 6.40. The van der Waals surface area contributed by atoms with Gasteiger partial charge in [0.1, 0.15) is 5.69 Å². The summed E-state index contributed by atoms with van der Waals surface area (Å²) < 4.78 is 1.26. The molecule has 0 atom stereocenters. The van der Waals surface area contributed by atoms with Crippen molar-refractivity contribution in [1.82, 2.24) is 25.0 Å². The number of amides is 4. The monoisotopic (exact) mass is 681 g/mol. The molecular weight excluding hydrogens is 646 g/mol. The van der Waals surface area contributed by atoms with Crippen molar-refractivity contribution in [2.24, 2.45) is 0 Å². The number of carbonyl (C=O) groups excluding carboxylic acids is 3. The van der Waals surface area contributed by atoms with Crippen molar-refractivity contribution in [3.05, 3.63) is 99.1 Å². The Balaban J connectivity index is 1.32. The van der Waals surface area contributed by atoms with Crippen molar-refractivity contribution in [3.63, 3.8) is 0 Å². The summed E-state index contributed by atoms with van der Waals surface area (Å²) in [6.45, 7) is 1.98. The first-order valence-corrected chi connectivity index (χ1v) is 16.5. The van der Waals surface area contributed by atoms with Gasteiger partial charge in [-0.25, -0.2) is 9.48 Å². The van der Waals surface area contributed by atoms with Crippen LogP contribution in [-0.4, -0.2) is 68.9 Å². The second kappa shape index (κ2) is 14.4. The Hall–Kier alpha value is -5.33. The number of hydrogen-bond donors (Lipinski definition) is 4. The molecule has 0 spiro atoms. The first-order valence-electron chi connectivity index (χ1n) is 16.1. The normalized spacial score (nSPS) is 13.6. The number of halogens is 1. The third kappa shape index (κ3) is 7.55. The van der Waals surface area contributed by atoms with E-state index in [9.17, 15) is 24.3 Å². The van der Waals surface area contributed by atoms with Crippen LogP contribution in [0.5, 0.6) is 0 Å². The fraction of sp³-hybridized carbons (Fsp3) is 0.278. The molecule has 2 aliphatic carbocycles. The van der Waals surface area contributed by atoms with E-state index in [1.165, 1.54) is 21.8 Å². The molecule has 1 saturated carbocycles. The number of aliphatic hydroxyl groups is 1. The molecule has 1 fully saturated rings. The summed E-state index contributed by atoms with van der Waals surface area (Å²) in [5, 5.41) is 22.6. The van der Waals surface area contributed by atoms with Crippen molar-refractivity contribution < 1.29 is 19.5 Å². The fourth-order valence-corrected chi connectivity index (χ4v) is 5.67. The molecule has 2 aliphatic rings. The van der Waals surface area contributed by atoms with Gasteiger partial charge in [0.25, 0.3) is 17.4 Å². The van der Waals surface area contributed by atoms with Crippen LogP contribution in [-0.2, 0) is 6.54 Å². The Morgan fingerprint density at radius 1 is 1.02 bits per heavy atom. The zero-order valence-corrected chi connectivity index (χ0v) is 27.9. The molecule has 0 radical (unpaired) electrons. The van der Waals surface area contributed by atoms with Crippen molar-refractivity contribution in [1.29, 1.82) is 0 Å². The van der Waals surface area contributed by atoms with Gasteiger partial charge in [-0.2, -0.15) is 5.10 Å². The number of pyridine rings is 1. The number of aliphatic hydroxyl groups excluding tert-OH is 1. The van der Waals surface area contributed by atoms with Crippen LogP contribution in [0.15, 0.2) is 71.8 Å². The largest absolute Gasteiger partial charge is 0.395 e. The minimum absolute atomic E-state index is 0.0166. The lowest BCUT2D eigenvalue weighted by Gasteiger charge is -2.19. The number of carbonyl (C=O) groups is 3. The smallest absolute Gasteiger partial charge is 0.323 e. The topological polar surface area (TPSA) is 159 Å². The fourth-order valence-electron chi connectivity index (χ4n) is 5.47. The second-order valence-electron chi connectivity index (χ2n) is 12.0. The Kier molecular flexibility index (Phi) is 9.88. The number of rotatable bonds is 11. The minimum atomic E-state index is -0.649. The summed E-state index contributed by atoms with van der Waals surface area (Å²) in [6, 6.07) is 13.3. The van der Waals surface area contributed by atoms with Crippen LogP contribution in [0.25, 0.3) is 28.0 Å². The molecule has 13 heteroatoms. The van der Waals surface area contributed by atoms with E-state index in [-0.39, 0.29) is 48.3 Å². The van der Waals surface area contributed by atoms with E-state index in [0.717, 1.165) is 36.8 Å². The van der Waals surface area contributed by atoms with E-state index < -0.39 is 11.6 Å². The van der Waals surface area contributed by atoms with E-state index >= 15 is 0 Å². The van der Waals surface area contributed by atoms with E-state index in [0.29, 0.717) is 39.2 Å². The summed E-state index contributed by atoms with van der Waals surface area (Å²) in [4.78, 5) is 58.4. The SMILES string of the molecule is CCn1nc(-c2cccc(-c3cc(C(=O)NC4CC4)cc(C(=O)N(C)CCO)c3)c2)cc(NC(=O)Nc2c(Cl)cncc2C2=CCC2)c1=O. The predicted octanol–water partition coefficient (Wildman–Crippen LogP) is 5.42. The van der Waals surface area contributed by atoms with Gasteiger partial charge in [0.05, 0.1) is 23.0 Å². The Morgan fingerprint density at radius 2 is 1.78 bits per heavy atom. The van der Waals surface area contributed by atoms with Gasteiger partial charge in [-0.3, -0.25) is 19.4 Å². The predicted molar refractivity (Wildman–Crippen MR) is 189 cm³/mol. The molecule has 0 aliphatic heterocycles. The third-order valence-corrected chi connectivity index (χ3v) is 8.73. The molecular formula is C36H36ClN7O5.